The summed E-state index contributed by atoms with van der Waals surface area (Å²) in [6.45, 7) is 2.14. The number of hydrogen-bond donors (Lipinski definition) is 2. The second-order valence-electron chi connectivity index (χ2n) is 6.21. The number of aromatic hydroxyl groups is 1. The summed E-state index contributed by atoms with van der Waals surface area (Å²) in [5, 5.41) is 14.8. The van der Waals surface area contributed by atoms with Gasteiger partial charge in [-0.3, -0.25) is 10.3 Å². The van der Waals surface area contributed by atoms with Gasteiger partial charge in [-0.25, -0.2) is 0 Å². The van der Waals surface area contributed by atoms with Crippen LogP contribution in [-0.2, 0) is 0 Å². The number of nitrogens with one attached hydrogen (secondary N) is 1. The lowest BCUT2D eigenvalue weighted by molar-refractivity contribution is 0.356. The van der Waals surface area contributed by atoms with Crippen LogP contribution in [0.5, 0.6) is 11.5 Å². The molecule has 5 heteroatoms. The van der Waals surface area contributed by atoms with Crippen molar-refractivity contribution in [3.63, 3.8) is 0 Å². The Bertz CT molecular complexity index is 759. The van der Waals surface area contributed by atoms with Gasteiger partial charge in [-0.05, 0) is 30.2 Å². The van der Waals surface area contributed by atoms with Crippen molar-refractivity contribution < 1.29 is 9.84 Å². The average molecular weight is 359 g/mol. The number of halogens is 1. The minimum atomic E-state index is -0.0187. The Morgan fingerprint density at radius 1 is 1.24 bits per heavy atom. The Hall–Kier alpha value is -2.04. The minimum absolute atomic E-state index is 0.0187. The molecule has 2 unspecified atom stereocenters. The van der Waals surface area contributed by atoms with E-state index in [9.17, 15) is 5.11 Å². The van der Waals surface area contributed by atoms with E-state index in [1.54, 1.807) is 13.2 Å². The summed E-state index contributed by atoms with van der Waals surface area (Å²) < 4.78 is 5.25. The van der Waals surface area contributed by atoms with Crippen molar-refractivity contribution in [2.24, 2.45) is 4.99 Å². The van der Waals surface area contributed by atoms with Gasteiger partial charge in [-0.2, -0.15) is 0 Å². The Morgan fingerprint density at radius 2 is 2.00 bits per heavy atom. The summed E-state index contributed by atoms with van der Waals surface area (Å²) in [6, 6.07) is 13.3. The van der Waals surface area contributed by atoms with Gasteiger partial charge < -0.3 is 9.84 Å². The van der Waals surface area contributed by atoms with Gasteiger partial charge in [0.25, 0.3) is 0 Å². The van der Waals surface area contributed by atoms with Gasteiger partial charge in [0.15, 0.2) is 11.5 Å². The van der Waals surface area contributed by atoms with Gasteiger partial charge in [-0.15, -0.1) is 0 Å². The Labute approximate surface area is 153 Å². The van der Waals surface area contributed by atoms with Gasteiger partial charge in [0.2, 0.25) is 0 Å². The van der Waals surface area contributed by atoms with Crippen LogP contribution in [0.25, 0.3) is 0 Å². The van der Waals surface area contributed by atoms with Crippen molar-refractivity contribution in [1.29, 1.82) is 0 Å². The van der Waals surface area contributed by atoms with Crippen LogP contribution in [0.4, 0.5) is 0 Å². The number of methoxy groups -OCH3 is 1. The maximum Gasteiger partial charge on any atom is 0.162 e. The molecule has 2 aromatic rings. The highest BCUT2D eigenvalue weighted by Crippen LogP contribution is 2.37. The molecule has 3 rings (SSSR count). The van der Waals surface area contributed by atoms with E-state index in [0.717, 1.165) is 29.7 Å². The van der Waals surface area contributed by atoms with Gasteiger partial charge in [0.1, 0.15) is 6.17 Å². The monoisotopic (exact) mass is 358 g/mol. The van der Waals surface area contributed by atoms with E-state index in [0.29, 0.717) is 17.2 Å². The number of ether oxygens (including phenoxy) is 1. The maximum atomic E-state index is 10.5. The topological polar surface area (TPSA) is 53.9 Å². The van der Waals surface area contributed by atoms with E-state index in [2.05, 4.69) is 12.2 Å². The van der Waals surface area contributed by atoms with Crippen LogP contribution in [-0.4, -0.2) is 24.1 Å². The molecule has 0 saturated heterocycles. The molecule has 1 aliphatic heterocycles. The van der Waals surface area contributed by atoms with Gasteiger partial charge in [0.05, 0.1) is 7.11 Å². The molecule has 25 heavy (non-hydrogen) atoms. The predicted molar refractivity (Wildman–Crippen MR) is 102 cm³/mol. The first-order valence-corrected chi connectivity index (χ1v) is 8.94. The van der Waals surface area contributed by atoms with Crippen LogP contribution in [0, 0.1) is 0 Å². The quantitative estimate of drug-likeness (QED) is 0.814. The highest BCUT2D eigenvalue weighted by atomic mass is 35.5. The normalized spacial score (nSPS) is 20.2. The van der Waals surface area contributed by atoms with Crippen LogP contribution >= 0.6 is 11.6 Å². The molecule has 2 atom stereocenters. The smallest absolute Gasteiger partial charge is 0.162 e. The van der Waals surface area contributed by atoms with E-state index in [1.165, 1.54) is 0 Å². The molecule has 0 aromatic heterocycles. The summed E-state index contributed by atoms with van der Waals surface area (Å²) in [4.78, 5) is 4.87. The van der Waals surface area contributed by atoms with Crippen LogP contribution in [0.15, 0.2) is 47.5 Å². The fourth-order valence-electron chi connectivity index (χ4n) is 3.20. The van der Waals surface area contributed by atoms with Gasteiger partial charge in [0, 0.05) is 28.8 Å². The molecule has 132 valence electrons. The molecule has 4 nitrogen and oxygen atoms in total. The zero-order valence-corrected chi connectivity index (χ0v) is 15.3. The molecule has 0 amide bonds. The predicted octanol–water partition coefficient (Wildman–Crippen LogP) is 4.70. The third-order valence-corrected chi connectivity index (χ3v) is 4.72. The summed E-state index contributed by atoms with van der Waals surface area (Å²) in [5.74, 6) is 0.678. The summed E-state index contributed by atoms with van der Waals surface area (Å²) >= 11 is 6.01. The van der Waals surface area contributed by atoms with Crippen LogP contribution in [0.3, 0.4) is 0 Å². The van der Waals surface area contributed by atoms with Gasteiger partial charge in [-0.1, -0.05) is 49.2 Å². The van der Waals surface area contributed by atoms with Crippen molar-refractivity contribution in [2.45, 2.75) is 38.4 Å². The fourth-order valence-corrected chi connectivity index (χ4v) is 3.33. The average Bonchev–Trinajstić information content (AvgIpc) is 2.62. The molecular formula is C20H23ClN2O2. The van der Waals surface area contributed by atoms with Crippen molar-refractivity contribution in [1.82, 2.24) is 5.32 Å². The van der Waals surface area contributed by atoms with Crippen molar-refractivity contribution in [3.05, 3.63) is 58.6 Å². The number of aliphatic imine (C=N–C) groups is 1. The Balaban J connectivity index is 1.94. The number of benzene rings is 2. The van der Waals surface area contributed by atoms with Crippen LogP contribution in [0.1, 0.15) is 43.4 Å². The second kappa shape index (κ2) is 7.89. The van der Waals surface area contributed by atoms with Crippen molar-refractivity contribution >= 4 is 17.3 Å². The SMILES string of the molecule is CCCC1N=C(c2ccc(Cl)cc2)CC(c2cccc(OC)c2O)N1. The molecule has 2 N–H and O–H groups in total. The van der Waals surface area contributed by atoms with E-state index >= 15 is 0 Å². The fraction of sp³-hybridized carbons (Fsp3) is 0.350. The first-order chi connectivity index (χ1) is 12.1. The minimum Gasteiger partial charge on any atom is -0.504 e. The lowest BCUT2D eigenvalue weighted by Gasteiger charge is -2.30. The summed E-state index contributed by atoms with van der Waals surface area (Å²) in [5.41, 5.74) is 2.93. The standard InChI is InChI=1S/C20H23ClN2O2/c1-3-5-19-22-16(13-8-10-14(21)11-9-13)12-17(23-19)15-6-4-7-18(25-2)20(15)24/h4,6-11,17,19,23-24H,3,5,12H2,1-2H3. The molecule has 0 bridgehead atoms. The lowest BCUT2D eigenvalue weighted by atomic mass is 9.94. The number of nitrogens with zero attached hydrogens (tertiary/aromatic N) is 1. The molecule has 1 aliphatic rings. The molecule has 0 spiro atoms. The maximum absolute atomic E-state index is 10.5. The molecule has 0 aliphatic carbocycles. The Kier molecular flexibility index (Phi) is 5.61. The molecule has 0 radical (unpaired) electrons. The molecule has 0 saturated carbocycles. The summed E-state index contributed by atoms with van der Waals surface area (Å²) in [6.07, 6.45) is 2.70. The number of phenolic OH excluding ortho intramolecular Hbond substituents is 1. The molecular weight excluding hydrogens is 336 g/mol. The van der Waals surface area contributed by atoms with Crippen molar-refractivity contribution in [3.8, 4) is 11.5 Å². The summed E-state index contributed by atoms with van der Waals surface area (Å²) in [7, 11) is 1.56. The largest absolute Gasteiger partial charge is 0.504 e. The number of rotatable bonds is 5. The van der Waals surface area contributed by atoms with Gasteiger partial charge >= 0.3 is 0 Å². The highest BCUT2D eigenvalue weighted by molar-refractivity contribution is 6.30. The molecule has 1 heterocycles. The zero-order valence-electron chi connectivity index (χ0n) is 14.5. The lowest BCUT2D eigenvalue weighted by Crippen LogP contribution is -2.38. The third-order valence-electron chi connectivity index (χ3n) is 4.47. The van der Waals surface area contributed by atoms with E-state index < -0.39 is 0 Å². The van der Waals surface area contributed by atoms with Crippen molar-refractivity contribution in [2.75, 3.05) is 7.11 Å². The van der Waals surface area contributed by atoms with E-state index in [4.69, 9.17) is 21.3 Å². The van der Waals surface area contributed by atoms with E-state index in [-0.39, 0.29) is 18.0 Å². The second-order valence-corrected chi connectivity index (χ2v) is 6.65. The molecule has 0 fully saturated rings. The van der Waals surface area contributed by atoms with Crippen LogP contribution in [0.2, 0.25) is 5.02 Å². The first kappa shape index (κ1) is 17.8. The number of hydrogen-bond acceptors (Lipinski definition) is 4. The molecule has 2 aromatic carbocycles. The zero-order chi connectivity index (χ0) is 17.8. The Morgan fingerprint density at radius 3 is 2.68 bits per heavy atom. The third kappa shape index (κ3) is 3.97. The number of para-hydroxylation sites is 1. The highest BCUT2D eigenvalue weighted by Gasteiger charge is 2.27. The first-order valence-electron chi connectivity index (χ1n) is 8.57. The van der Waals surface area contributed by atoms with Crippen LogP contribution < -0.4 is 10.1 Å². The number of phenols is 1. The van der Waals surface area contributed by atoms with E-state index in [1.807, 2.05) is 36.4 Å².